The number of rotatable bonds is 8. The van der Waals surface area contributed by atoms with E-state index in [1.165, 1.54) is 5.57 Å². The highest BCUT2D eigenvalue weighted by Crippen LogP contribution is 2.34. The number of pyridine rings is 4. The summed E-state index contributed by atoms with van der Waals surface area (Å²) >= 11 is 0. The maximum absolute atomic E-state index is 5.19. The molecular formula is C52H39N5. The van der Waals surface area contributed by atoms with E-state index in [-0.39, 0.29) is 0 Å². The first-order valence-corrected chi connectivity index (χ1v) is 19.3. The zero-order chi connectivity index (χ0) is 38.4. The molecule has 5 nitrogen and oxygen atoms in total. The van der Waals surface area contributed by atoms with Gasteiger partial charge in [0, 0.05) is 29.1 Å². The van der Waals surface area contributed by atoms with Crippen LogP contribution in [0.4, 0.5) is 0 Å². The number of benzene rings is 4. The minimum atomic E-state index is 0.788. The van der Waals surface area contributed by atoms with E-state index in [1.807, 2.05) is 73.1 Å². The largest absolute Gasteiger partial charge is 0.264 e. The standard InChI is InChI=1S/C52H39N5/c1-36-28-29-41(45-24-14-26-47(54-45)51-32-42(37-16-6-2-7-17-37)30-49(56-51)39-20-10-4-11-21-39)34-53-35-44(36)46-25-15-27-48(55-46)52-33-43(38-18-8-3-9-19-38)31-50(57-52)40-22-12-5-13-23-40/h2-27,30-35H,28-29H2,1H3/b41-34+,44-36+,53-35-. The topological polar surface area (TPSA) is 63.9 Å². The van der Waals surface area contributed by atoms with Crippen molar-refractivity contribution in [2.75, 3.05) is 0 Å². The second-order valence-corrected chi connectivity index (χ2v) is 14.2. The van der Waals surface area contributed by atoms with Gasteiger partial charge in [-0.2, -0.15) is 0 Å². The summed E-state index contributed by atoms with van der Waals surface area (Å²) in [5.41, 5.74) is 16.8. The molecule has 4 aromatic heterocycles. The SMILES string of the molecule is C/C1=C(c2cccc(-c3cc(-c4ccccc4)cc(-c4ccccc4)n3)n2)/C=N\C=C(\c2cccc(-c3cc(-c4ccccc4)cc(-c4ccccc4)n3)n2)CC1. The van der Waals surface area contributed by atoms with Crippen molar-refractivity contribution >= 4 is 17.4 Å². The number of allylic oxidation sites excluding steroid dienone is 3. The highest BCUT2D eigenvalue weighted by molar-refractivity contribution is 6.10. The zero-order valence-electron chi connectivity index (χ0n) is 31.6. The van der Waals surface area contributed by atoms with Gasteiger partial charge in [0.25, 0.3) is 0 Å². The van der Waals surface area contributed by atoms with Gasteiger partial charge in [-0.3, -0.25) is 4.99 Å². The third-order valence-electron chi connectivity index (χ3n) is 10.3. The lowest BCUT2D eigenvalue weighted by atomic mass is 9.96. The van der Waals surface area contributed by atoms with E-state index in [0.717, 1.165) is 103 Å². The minimum Gasteiger partial charge on any atom is -0.264 e. The Morgan fingerprint density at radius 2 is 0.737 bits per heavy atom. The molecule has 0 saturated heterocycles. The van der Waals surface area contributed by atoms with Crippen molar-refractivity contribution in [3.05, 3.63) is 205 Å². The quantitative estimate of drug-likeness (QED) is 0.156. The predicted octanol–water partition coefficient (Wildman–Crippen LogP) is 12.9. The summed E-state index contributed by atoms with van der Waals surface area (Å²) in [6, 6.07) is 62.4. The van der Waals surface area contributed by atoms with Crippen molar-refractivity contribution < 1.29 is 0 Å². The molecule has 0 atom stereocenters. The van der Waals surface area contributed by atoms with Crippen molar-refractivity contribution in [2.45, 2.75) is 19.8 Å². The maximum atomic E-state index is 5.19. The van der Waals surface area contributed by atoms with Gasteiger partial charge in [0.1, 0.15) is 0 Å². The van der Waals surface area contributed by atoms with E-state index in [2.05, 4.69) is 128 Å². The molecule has 0 radical (unpaired) electrons. The first-order chi connectivity index (χ1) is 28.1. The van der Waals surface area contributed by atoms with Gasteiger partial charge in [-0.1, -0.05) is 139 Å². The van der Waals surface area contributed by atoms with Crippen LogP contribution in [0.5, 0.6) is 0 Å². The van der Waals surface area contributed by atoms with Gasteiger partial charge >= 0.3 is 0 Å². The molecule has 4 aromatic carbocycles. The average molecular weight is 734 g/mol. The monoisotopic (exact) mass is 733 g/mol. The van der Waals surface area contributed by atoms with E-state index in [0.29, 0.717) is 0 Å². The Balaban J connectivity index is 1.03. The predicted molar refractivity (Wildman–Crippen MR) is 235 cm³/mol. The van der Waals surface area contributed by atoms with E-state index in [4.69, 9.17) is 24.9 Å². The van der Waals surface area contributed by atoms with Crippen LogP contribution in [0.3, 0.4) is 0 Å². The van der Waals surface area contributed by atoms with Crippen molar-refractivity contribution in [1.29, 1.82) is 0 Å². The highest BCUT2D eigenvalue weighted by atomic mass is 14.8. The Bertz CT molecular complexity index is 2660. The van der Waals surface area contributed by atoms with Crippen LogP contribution < -0.4 is 0 Å². The van der Waals surface area contributed by atoms with Gasteiger partial charge in [0.2, 0.25) is 0 Å². The molecule has 1 aliphatic rings. The Hall–Kier alpha value is -7.37. The first-order valence-electron chi connectivity index (χ1n) is 19.3. The molecule has 0 N–H and O–H groups in total. The van der Waals surface area contributed by atoms with Gasteiger partial charge < -0.3 is 0 Å². The van der Waals surface area contributed by atoms with Gasteiger partial charge in [-0.25, -0.2) is 19.9 Å². The van der Waals surface area contributed by atoms with Crippen LogP contribution >= 0.6 is 0 Å². The average Bonchev–Trinajstić information content (AvgIpc) is 3.29. The number of aromatic nitrogens is 4. The summed E-state index contributed by atoms with van der Waals surface area (Å²) in [5, 5.41) is 0. The highest BCUT2D eigenvalue weighted by Gasteiger charge is 2.16. The fraction of sp³-hybridized carbons (Fsp3) is 0.0577. The lowest BCUT2D eigenvalue weighted by Crippen LogP contribution is -2.01. The van der Waals surface area contributed by atoms with Gasteiger partial charge in [-0.15, -0.1) is 0 Å². The van der Waals surface area contributed by atoms with Crippen LogP contribution in [0, 0.1) is 0 Å². The van der Waals surface area contributed by atoms with E-state index < -0.39 is 0 Å². The summed E-state index contributed by atoms with van der Waals surface area (Å²) in [7, 11) is 0. The summed E-state index contributed by atoms with van der Waals surface area (Å²) in [5.74, 6) is 0. The van der Waals surface area contributed by atoms with Crippen molar-refractivity contribution in [3.63, 3.8) is 0 Å². The van der Waals surface area contributed by atoms with Gasteiger partial charge in [0.05, 0.1) is 45.6 Å². The molecule has 9 rings (SSSR count). The molecule has 5 heterocycles. The second-order valence-electron chi connectivity index (χ2n) is 14.2. The Morgan fingerprint density at radius 3 is 1.25 bits per heavy atom. The molecule has 5 heteroatoms. The maximum Gasteiger partial charge on any atom is 0.0900 e. The third-order valence-corrected chi connectivity index (χ3v) is 10.3. The summed E-state index contributed by atoms with van der Waals surface area (Å²) in [4.78, 5) is 25.5. The van der Waals surface area contributed by atoms with E-state index in [1.54, 1.807) is 0 Å². The van der Waals surface area contributed by atoms with E-state index in [9.17, 15) is 0 Å². The lowest BCUT2D eigenvalue weighted by Gasteiger charge is -2.15. The van der Waals surface area contributed by atoms with Crippen molar-refractivity contribution in [2.24, 2.45) is 4.99 Å². The van der Waals surface area contributed by atoms with Gasteiger partial charge in [0.15, 0.2) is 0 Å². The number of hydrogen-bond donors (Lipinski definition) is 0. The summed E-state index contributed by atoms with van der Waals surface area (Å²) in [6.45, 7) is 2.17. The smallest absolute Gasteiger partial charge is 0.0900 e. The van der Waals surface area contributed by atoms with E-state index >= 15 is 0 Å². The number of hydrogen-bond acceptors (Lipinski definition) is 5. The number of aliphatic imine (C=N–C) groups is 1. The van der Waals surface area contributed by atoms with Crippen LogP contribution in [0.25, 0.3) is 78.7 Å². The minimum absolute atomic E-state index is 0.788. The molecule has 0 amide bonds. The zero-order valence-corrected chi connectivity index (χ0v) is 31.6. The lowest BCUT2D eigenvalue weighted by molar-refractivity contribution is 0.982. The van der Waals surface area contributed by atoms with Crippen molar-refractivity contribution in [3.8, 4) is 67.5 Å². The molecular weight excluding hydrogens is 695 g/mol. The molecule has 0 aliphatic carbocycles. The Kier molecular flexibility index (Phi) is 10.0. The first kappa shape index (κ1) is 35.3. The molecule has 0 unspecified atom stereocenters. The fourth-order valence-electron chi connectivity index (χ4n) is 7.23. The molecule has 272 valence electrons. The van der Waals surface area contributed by atoms with Crippen molar-refractivity contribution in [1.82, 2.24) is 19.9 Å². The molecule has 0 saturated carbocycles. The van der Waals surface area contributed by atoms with Crippen LogP contribution in [-0.4, -0.2) is 26.2 Å². The molecule has 0 bridgehead atoms. The Labute approximate surface area is 333 Å². The summed E-state index contributed by atoms with van der Waals surface area (Å²) < 4.78 is 0. The van der Waals surface area contributed by atoms with Crippen LogP contribution in [-0.2, 0) is 0 Å². The van der Waals surface area contributed by atoms with Crippen LogP contribution in [0.2, 0.25) is 0 Å². The normalized spacial score (nSPS) is 15.6. The third kappa shape index (κ3) is 7.91. The Morgan fingerprint density at radius 1 is 0.333 bits per heavy atom. The summed E-state index contributed by atoms with van der Waals surface area (Å²) in [6.07, 6.45) is 5.51. The molecule has 1 aliphatic heterocycles. The number of nitrogens with zero attached hydrogens (tertiary/aromatic N) is 5. The molecule has 57 heavy (non-hydrogen) atoms. The molecule has 0 fully saturated rings. The van der Waals surface area contributed by atoms with Crippen LogP contribution in [0.1, 0.15) is 31.2 Å². The molecule has 0 spiro atoms. The second kappa shape index (κ2) is 16.2. The van der Waals surface area contributed by atoms with Gasteiger partial charge in [-0.05, 0) is 96.1 Å². The molecule has 8 aromatic rings. The fourth-order valence-corrected chi connectivity index (χ4v) is 7.23. The van der Waals surface area contributed by atoms with Crippen LogP contribution in [0.15, 0.2) is 199 Å².